The first-order valence-corrected chi connectivity index (χ1v) is 17.2. The van der Waals surface area contributed by atoms with Crippen LogP contribution in [0, 0.1) is 5.92 Å². The van der Waals surface area contributed by atoms with Crippen molar-refractivity contribution in [1.82, 2.24) is 0 Å². The fourth-order valence-electron chi connectivity index (χ4n) is 2.77. The molecule has 1 unspecified atom stereocenters. The van der Waals surface area contributed by atoms with Crippen LogP contribution >= 0.6 is 24.8 Å². The topological polar surface area (TPSA) is 3.24 Å². The molecule has 1 aliphatic rings. The molecular formula is C17H26Cl2GeNTi. The van der Waals surface area contributed by atoms with E-state index in [9.17, 15) is 0 Å². The van der Waals surface area contributed by atoms with Gasteiger partial charge in [-0.05, 0) is 0 Å². The second-order valence-corrected chi connectivity index (χ2v) is 21.1. The SMILES string of the molecule is CC1=C(C)C(C)C([N]([Ti]=[Ge]([CH3])[CH3])c2ccccc2)=C1C.Cl.Cl. The Balaban J connectivity index is 0.00000220. The Morgan fingerprint density at radius 3 is 1.91 bits per heavy atom. The zero-order valence-electron chi connectivity index (χ0n) is 14.2. The van der Waals surface area contributed by atoms with Gasteiger partial charge in [-0.2, -0.15) is 0 Å². The molecule has 0 N–H and O–H groups in total. The van der Waals surface area contributed by atoms with Gasteiger partial charge in [0.25, 0.3) is 0 Å². The summed E-state index contributed by atoms with van der Waals surface area (Å²) in [6, 6.07) is 11.0. The molecular weight excluding hydrogens is 410 g/mol. The van der Waals surface area contributed by atoms with Gasteiger partial charge in [-0.1, -0.05) is 0 Å². The van der Waals surface area contributed by atoms with Crippen LogP contribution in [0.25, 0.3) is 0 Å². The molecule has 121 valence electrons. The van der Waals surface area contributed by atoms with Crippen LogP contribution in [0.15, 0.2) is 52.7 Å². The summed E-state index contributed by atoms with van der Waals surface area (Å²) in [6.07, 6.45) is 0. The third-order valence-electron chi connectivity index (χ3n) is 4.19. The van der Waals surface area contributed by atoms with Crippen molar-refractivity contribution in [3.8, 4) is 0 Å². The molecule has 0 saturated heterocycles. The number of benzene rings is 1. The monoisotopic (exact) mass is 436 g/mol. The Morgan fingerprint density at radius 1 is 0.955 bits per heavy atom. The molecule has 0 aromatic heterocycles. The minimum atomic E-state index is -0.815. The van der Waals surface area contributed by atoms with E-state index in [0.29, 0.717) is 5.92 Å². The first-order valence-electron chi connectivity index (χ1n) is 7.24. The molecule has 0 bridgehead atoms. The van der Waals surface area contributed by atoms with Gasteiger partial charge in [-0.25, -0.2) is 0 Å². The van der Waals surface area contributed by atoms with Crippen LogP contribution in [0.5, 0.6) is 0 Å². The van der Waals surface area contributed by atoms with Crippen molar-refractivity contribution < 1.29 is 16.6 Å². The van der Waals surface area contributed by atoms with E-state index < -0.39 is 11.0 Å². The maximum Gasteiger partial charge on any atom is -0.147 e. The maximum absolute atomic E-state index is 2.72. The van der Waals surface area contributed by atoms with E-state index in [0.717, 1.165) is 0 Å². The van der Waals surface area contributed by atoms with Crippen molar-refractivity contribution in [3.63, 3.8) is 0 Å². The standard InChI is InChI=1S/C15H18N.C2H6Ge.2ClH.Ti/c1-10-11(2)13(4)15(12(10)3)16-14-8-6-5-7-9-14;1-3-2;;;/h5-9,12H,1-4H3;1-2H3;2*1H;/q-1;;;;+1. The summed E-state index contributed by atoms with van der Waals surface area (Å²) in [5.74, 6) is 5.61. The molecule has 0 radical (unpaired) electrons. The van der Waals surface area contributed by atoms with Gasteiger partial charge in [0.15, 0.2) is 0 Å². The smallest absolute Gasteiger partial charge is 0.147 e. The van der Waals surface area contributed by atoms with Crippen molar-refractivity contribution in [3.05, 3.63) is 52.7 Å². The van der Waals surface area contributed by atoms with Crippen LogP contribution in [0.3, 0.4) is 0 Å². The Kier molecular flexibility index (Phi) is 9.74. The zero-order chi connectivity index (χ0) is 14.9. The van der Waals surface area contributed by atoms with Gasteiger partial charge in [-0.3, -0.25) is 0 Å². The maximum atomic E-state index is 2.72. The number of rotatable bonds is 3. The number of halogens is 2. The summed E-state index contributed by atoms with van der Waals surface area (Å²) in [6.45, 7) is 9.27. The molecule has 0 spiro atoms. The van der Waals surface area contributed by atoms with Crippen LogP contribution in [0.4, 0.5) is 5.69 Å². The average Bonchev–Trinajstić information content (AvgIpc) is 2.62. The summed E-state index contributed by atoms with van der Waals surface area (Å²) in [7, 11) is -0.815. The van der Waals surface area contributed by atoms with E-state index in [1.807, 2.05) is 0 Å². The van der Waals surface area contributed by atoms with Gasteiger partial charge in [0, 0.05) is 0 Å². The van der Waals surface area contributed by atoms with E-state index in [4.69, 9.17) is 0 Å². The molecule has 0 aliphatic heterocycles. The summed E-state index contributed by atoms with van der Waals surface area (Å²) in [4.78, 5) is 0. The zero-order valence-corrected chi connectivity index (χ0v) is 19.5. The minimum absolute atomic E-state index is 0. The normalized spacial score (nSPS) is 16.7. The van der Waals surface area contributed by atoms with Crippen LogP contribution in [0.1, 0.15) is 27.7 Å². The average molecular weight is 436 g/mol. The number of hydrogen-bond acceptors (Lipinski definition) is 1. The molecule has 5 heteroatoms. The Bertz CT molecular complexity index is 604. The third kappa shape index (κ3) is 4.67. The van der Waals surface area contributed by atoms with Gasteiger partial charge in [0.05, 0.1) is 0 Å². The van der Waals surface area contributed by atoms with E-state index in [-0.39, 0.29) is 41.4 Å². The van der Waals surface area contributed by atoms with Crippen molar-refractivity contribution in [2.24, 2.45) is 5.92 Å². The molecule has 1 atom stereocenters. The minimum Gasteiger partial charge on any atom is -0.147 e. The predicted molar refractivity (Wildman–Crippen MR) is 101 cm³/mol. The predicted octanol–water partition coefficient (Wildman–Crippen LogP) is 5.85. The Hall–Kier alpha value is 0.337. The van der Waals surface area contributed by atoms with E-state index in [1.165, 1.54) is 16.8 Å². The Morgan fingerprint density at radius 2 is 1.50 bits per heavy atom. The number of nitrogens with zero attached hydrogens (tertiary/aromatic N) is 1. The largest absolute Gasteiger partial charge is 0.147 e. The molecule has 0 saturated carbocycles. The first kappa shape index (κ1) is 22.3. The molecule has 0 amide bonds. The number of para-hydroxylation sites is 1. The van der Waals surface area contributed by atoms with Gasteiger partial charge in [0.1, 0.15) is 0 Å². The fraction of sp³-hybridized carbons (Fsp3) is 0.412. The van der Waals surface area contributed by atoms with Gasteiger partial charge in [0.2, 0.25) is 0 Å². The van der Waals surface area contributed by atoms with E-state index in [2.05, 4.69) is 72.9 Å². The van der Waals surface area contributed by atoms with Gasteiger partial charge in [-0.15, -0.1) is 24.8 Å². The second-order valence-electron chi connectivity index (χ2n) is 5.82. The number of allylic oxidation sites excluding steroid dienone is 3. The van der Waals surface area contributed by atoms with E-state index >= 15 is 0 Å². The Labute approximate surface area is 158 Å². The van der Waals surface area contributed by atoms with Gasteiger partial charge < -0.3 is 0 Å². The molecule has 1 aromatic rings. The molecule has 1 aromatic carbocycles. The molecule has 0 heterocycles. The fourth-order valence-corrected chi connectivity index (χ4v) is 10.7. The summed E-state index contributed by atoms with van der Waals surface area (Å²) >= 11 is -0.0212. The summed E-state index contributed by atoms with van der Waals surface area (Å²) < 4.78 is 2.72. The molecule has 1 aliphatic carbocycles. The van der Waals surface area contributed by atoms with E-state index in [1.54, 1.807) is 11.3 Å². The third-order valence-corrected chi connectivity index (χ3v) is 11.8. The van der Waals surface area contributed by atoms with Gasteiger partial charge >= 0.3 is 134 Å². The quantitative estimate of drug-likeness (QED) is 0.539. The first-order chi connectivity index (χ1) is 9.43. The van der Waals surface area contributed by atoms with Crippen molar-refractivity contribution in [2.75, 3.05) is 3.38 Å². The molecule has 0 fully saturated rings. The van der Waals surface area contributed by atoms with Crippen LogP contribution < -0.4 is 3.38 Å². The van der Waals surface area contributed by atoms with Crippen molar-refractivity contribution in [1.29, 1.82) is 0 Å². The van der Waals surface area contributed by atoms with Crippen LogP contribution in [-0.2, 0) is 16.6 Å². The molecule has 2 rings (SSSR count). The van der Waals surface area contributed by atoms with Crippen LogP contribution in [0.2, 0.25) is 11.5 Å². The summed E-state index contributed by atoms with van der Waals surface area (Å²) in [5, 5.41) is 0. The molecule has 1 nitrogen and oxygen atoms in total. The van der Waals surface area contributed by atoms with Crippen molar-refractivity contribution in [2.45, 2.75) is 39.2 Å². The summed E-state index contributed by atoms with van der Waals surface area (Å²) in [5.41, 5.74) is 7.57. The number of anilines is 1. The number of hydrogen-bond donors (Lipinski definition) is 0. The second kappa shape index (κ2) is 9.59. The van der Waals surface area contributed by atoms with Crippen LogP contribution in [-0.4, -0.2) is 11.0 Å². The molecule has 22 heavy (non-hydrogen) atoms. The van der Waals surface area contributed by atoms with Crippen molar-refractivity contribution >= 4 is 41.5 Å².